The maximum absolute atomic E-state index is 12.7. The highest BCUT2D eigenvalue weighted by molar-refractivity contribution is 5.94. The number of nitrogens with zero attached hydrogens (tertiary/aromatic N) is 3. The van der Waals surface area contributed by atoms with E-state index in [1.54, 1.807) is 12.0 Å². The van der Waals surface area contributed by atoms with Gasteiger partial charge in [0.25, 0.3) is 5.91 Å². The van der Waals surface area contributed by atoms with Crippen molar-refractivity contribution >= 4 is 5.91 Å². The number of benzene rings is 2. The molecule has 4 rings (SSSR count). The number of carbonyl (C=O) groups excluding carboxylic acids is 1. The molecule has 0 aliphatic carbocycles. The van der Waals surface area contributed by atoms with Gasteiger partial charge >= 0.3 is 6.18 Å². The first-order valence-electron chi connectivity index (χ1n) is 9.79. The Morgan fingerprint density at radius 2 is 1.71 bits per heavy atom. The van der Waals surface area contributed by atoms with Crippen LogP contribution >= 0.6 is 0 Å². The Balaban J connectivity index is 1.37. The lowest BCUT2D eigenvalue weighted by Gasteiger charge is -2.30. The van der Waals surface area contributed by atoms with Crippen molar-refractivity contribution in [2.75, 3.05) is 20.2 Å². The molecular weight excluding hydrogens is 411 g/mol. The molecule has 2 aromatic carbocycles. The SMILES string of the molecule is COc1ccc(-c2noc(C3CCN(C(=O)c4ccc(C(F)(F)F)cc4)CC3)n2)cc1. The zero-order valence-corrected chi connectivity index (χ0v) is 16.7. The number of rotatable bonds is 4. The van der Waals surface area contributed by atoms with Crippen molar-refractivity contribution in [1.82, 2.24) is 15.0 Å². The second-order valence-electron chi connectivity index (χ2n) is 7.33. The Morgan fingerprint density at radius 3 is 2.29 bits per heavy atom. The minimum atomic E-state index is -4.42. The average Bonchev–Trinajstić information content (AvgIpc) is 3.28. The van der Waals surface area contributed by atoms with Crippen LogP contribution in [0.5, 0.6) is 5.75 Å². The van der Waals surface area contributed by atoms with Crippen LogP contribution in [0.25, 0.3) is 11.4 Å². The predicted molar refractivity (Wildman–Crippen MR) is 106 cm³/mol. The summed E-state index contributed by atoms with van der Waals surface area (Å²) in [5, 5.41) is 4.05. The summed E-state index contributed by atoms with van der Waals surface area (Å²) in [5.41, 5.74) is 0.281. The van der Waals surface area contributed by atoms with Gasteiger partial charge in [0.2, 0.25) is 11.7 Å². The van der Waals surface area contributed by atoms with Gasteiger partial charge in [-0.1, -0.05) is 5.16 Å². The zero-order valence-electron chi connectivity index (χ0n) is 16.7. The van der Waals surface area contributed by atoms with E-state index in [9.17, 15) is 18.0 Å². The molecule has 0 unspecified atom stereocenters. The highest BCUT2D eigenvalue weighted by Gasteiger charge is 2.31. The van der Waals surface area contributed by atoms with Crippen molar-refractivity contribution in [1.29, 1.82) is 0 Å². The Bertz CT molecular complexity index is 1040. The summed E-state index contributed by atoms with van der Waals surface area (Å²) >= 11 is 0. The summed E-state index contributed by atoms with van der Waals surface area (Å²) in [6.07, 6.45) is -3.15. The summed E-state index contributed by atoms with van der Waals surface area (Å²) in [4.78, 5) is 18.8. The van der Waals surface area contributed by atoms with Crippen LogP contribution in [0.1, 0.15) is 40.6 Å². The summed E-state index contributed by atoms with van der Waals surface area (Å²) < 4.78 is 48.7. The fourth-order valence-corrected chi connectivity index (χ4v) is 3.57. The Kier molecular flexibility index (Phi) is 5.67. The number of hydrogen-bond acceptors (Lipinski definition) is 5. The van der Waals surface area contributed by atoms with Crippen molar-refractivity contribution in [3.63, 3.8) is 0 Å². The first-order chi connectivity index (χ1) is 14.8. The summed E-state index contributed by atoms with van der Waals surface area (Å²) in [5.74, 6) is 1.48. The first-order valence-corrected chi connectivity index (χ1v) is 9.79. The molecule has 2 heterocycles. The van der Waals surface area contributed by atoms with Gasteiger partial charge in [0.05, 0.1) is 12.7 Å². The van der Waals surface area contributed by atoms with Gasteiger partial charge in [-0.05, 0) is 61.4 Å². The molecule has 1 aliphatic rings. The Hall–Kier alpha value is -3.36. The number of hydrogen-bond donors (Lipinski definition) is 0. The van der Waals surface area contributed by atoms with Crippen molar-refractivity contribution in [2.24, 2.45) is 0 Å². The number of piperidine rings is 1. The van der Waals surface area contributed by atoms with Gasteiger partial charge in [0, 0.05) is 30.1 Å². The summed E-state index contributed by atoms with van der Waals surface area (Å²) in [6.45, 7) is 0.926. The number of halogens is 3. The molecule has 31 heavy (non-hydrogen) atoms. The quantitative estimate of drug-likeness (QED) is 0.595. The number of likely N-dealkylation sites (tertiary alicyclic amines) is 1. The number of alkyl halides is 3. The number of carbonyl (C=O) groups is 1. The Labute approximate surface area is 176 Å². The van der Waals surface area contributed by atoms with E-state index in [0.717, 1.165) is 23.4 Å². The molecule has 3 aromatic rings. The van der Waals surface area contributed by atoms with Gasteiger partial charge in [-0.25, -0.2) is 0 Å². The number of ether oxygens (including phenoxy) is 1. The number of aromatic nitrogens is 2. The van der Waals surface area contributed by atoms with Crippen LogP contribution in [0, 0.1) is 0 Å². The largest absolute Gasteiger partial charge is 0.497 e. The predicted octanol–water partition coefficient (Wildman–Crippen LogP) is 4.78. The standard InChI is InChI=1S/C22H20F3N3O3/c1-30-18-8-4-14(5-9-18)19-26-20(31-27-19)15-10-12-28(13-11-15)21(29)16-2-6-17(7-3-16)22(23,24)25/h2-9,15H,10-13H2,1H3. The molecule has 0 radical (unpaired) electrons. The highest BCUT2D eigenvalue weighted by Crippen LogP contribution is 2.31. The molecule has 0 saturated carbocycles. The maximum Gasteiger partial charge on any atom is 0.416 e. The third-order valence-electron chi connectivity index (χ3n) is 5.38. The van der Waals surface area contributed by atoms with E-state index in [1.165, 1.54) is 12.1 Å². The average molecular weight is 431 g/mol. The van der Waals surface area contributed by atoms with Crippen LogP contribution in [-0.2, 0) is 6.18 Å². The summed E-state index contributed by atoms with van der Waals surface area (Å²) in [6, 6.07) is 11.6. The highest BCUT2D eigenvalue weighted by atomic mass is 19.4. The maximum atomic E-state index is 12.7. The van der Waals surface area contributed by atoms with E-state index in [-0.39, 0.29) is 17.4 Å². The van der Waals surface area contributed by atoms with Gasteiger partial charge in [0.1, 0.15) is 5.75 Å². The van der Waals surface area contributed by atoms with Gasteiger partial charge in [0.15, 0.2) is 0 Å². The molecule has 0 bridgehead atoms. The van der Waals surface area contributed by atoms with Gasteiger partial charge in [-0.15, -0.1) is 0 Å². The third kappa shape index (κ3) is 4.55. The topological polar surface area (TPSA) is 68.5 Å². The molecule has 1 fully saturated rings. The van der Waals surface area contributed by atoms with Crippen LogP contribution in [0.4, 0.5) is 13.2 Å². The molecule has 0 N–H and O–H groups in total. The molecule has 0 atom stereocenters. The van der Waals surface area contributed by atoms with E-state index in [0.29, 0.717) is 37.6 Å². The van der Waals surface area contributed by atoms with Gasteiger partial charge < -0.3 is 14.2 Å². The monoisotopic (exact) mass is 431 g/mol. The van der Waals surface area contributed by atoms with Crippen molar-refractivity contribution < 1.29 is 27.2 Å². The summed E-state index contributed by atoms with van der Waals surface area (Å²) in [7, 11) is 1.59. The van der Waals surface area contributed by atoms with Crippen LogP contribution in [0.2, 0.25) is 0 Å². The first kappa shape index (κ1) is 20.9. The van der Waals surface area contributed by atoms with Crippen LogP contribution in [0.3, 0.4) is 0 Å². The van der Waals surface area contributed by atoms with Crippen molar-refractivity contribution in [2.45, 2.75) is 24.9 Å². The Morgan fingerprint density at radius 1 is 1.06 bits per heavy atom. The smallest absolute Gasteiger partial charge is 0.416 e. The van der Waals surface area contributed by atoms with E-state index in [1.807, 2.05) is 24.3 Å². The lowest BCUT2D eigenvalue weighted by Crippen LogP contribution is -2.38. The van der Waals surface area contributed by atoms with E-state index in [2.05, 4.69) is 10.1 Å². The molecule has 0 spiro atoms. The van der Waals surface area contributed by atoms with Gasteiger partial charge in [-0.2, -0.15) is 18.2 Å². The second-order valence-corrected chi connectivity index (χ2v) is 7.33. The molecule has 1 amide bonds. The van der Waals surface area contributed by atoms with E-state index < -0.39 is 11.7 Å². The zero-order chi connectivity index (χ0) is 22.0. The second kappa shape index (κ2) is 8.41. The molecule has 1 aromatic heterocycles. The van der Waals surface area contributed by atoms with E-state index >= 15 is 0 Å². The molecule has 1 saturated heterocycles. The number of methoxy groups -OCH3 is 1. The molecule has 162 valence electrons. The molecule has 9 heteroatoms. The number of amides is 1. The minimum absolute atomic E-state index is 0.0242. The van der Waals surface area contributed by atoms with E-state index in [4.69, 9.17) is 9.26 Å². The van der Waals surface area contributed by atoms with Crippen LogP contribution < -0.4 is 4.74 Å². The van der Waals surface area contributed by atoms with Crippen molar-refractivity contribution in [3.05, 3.63) is 65.5 Å². The molecule has 1 aliphatic heterocycles. The van der Waals surface area contributed by atoms with Crippen molar-refractivity contribution in [3.8, 4) is 17.1 Å². The normalized spacial score (nSPS) is 15.2. The molecule has 6 nitrogen and oxygen atoms in total. The van der Waals surface area contributed by atoms with Crippen LogP contribution in [-0.4, -0.2) is 41.1 Å². The lowest BCUT2D eigenvalue weighted by molar-refractivity contribution is -0.137. The third-order valence-corrected chi connectivity index (χ3v) is 5.38. The fraction of sp³-hybridized carbons (Fsp3) is 0.318. The lowest BCUT2D eigenvalue weighted by atomic mass is 9.96. The van der Waals surface area contributed by atoms with Crippen LogP contribution in [0.15, 0.2) is 53.1 Å². The fourth-order valence-electron chi connectivity index (χ4n) is 3.57. The minimum Gasteiger partial charge on any atom is -0.497 e. The molecular formula is C22H20F3N3O3. The van der Waals surface area contributed by atoms with Gasteiger partial charge in [-0.3, -0.25) is 4.79 Å².